The van der Waals surface area contributed by atoms with E-state index in [0.29, 0.717) is 12.8 Å². The summed E-state index contributed by atoms with van der Waals surface area (Å²) in [6, 6.07) is 6.75. The van der Waals surface area contributed by atoms with Crippen molar-refractivity contribution in [1.29, 1.82) is 0 Å². The molecule has 41 heavy (non-hydrogen) atoms. The van der Waals surface area contributed by atoms with E-state index in [1.165, 1.54) is 12.2 Å². The smallest absolute Gasteiger partial charge is 0.452 e. The van der Waals surface area contributed by atoms with Gasteiger partial charge >= 0.3 is 12.3 Å². The maximum Gasteiger partial charge on any atom is 0.511 e. The Hall–Kier alpha value is -2.78. The van der Waals surface area contributed by atoms with E-state index < -0.39 is 30.3 Å². The lowest BCUT2D eigenvalue weighted by Crippen LogP contribution is -2.25. The molecule has 8 nitrogen and oxygen atoms in total. The highest BCUT2D eigenvalue weighted by molar-refractivity contribution is 6.38. The second kappa shape index (κ2) is 16.0. The molecule has 0 heterocycles. The molecule has 0 radical (unpaired) electrons. The standard InChI is InChI=1S/C29H32Cl4O8/c1-7-11-36-27(34)40-23(9-3)38-25-19(30)13-17(14-20(25)31)29(5,6)18-15-21(32)26(22(33)16-18)39-24(10-4)41-28(35)37-12-8-2/h7-8,13-16,23-24H,1-2,9-12H2,3-6H3. The molecule has 2 aromatic rings. The number of rotatable bonds is 14. The van der Waals surface area contributed by atoms with Crippen LogP contribution in [0.1, 0.15) is 51.7 Å². The molecule has 12 heteroatoms. The van der Waals surface area contributed by atoms with Gasteiger partial charge < -0.3 is 28.4 Å². The van der Waals surface area contributed by atoms with Crippen LogP contribution in [0, 0.1) is 0 Å². The van der Waals surface area contributed by atoms with Crippen LogP contribution in [0.3, 0.4) is 0 Å². The van der Waals surface area contributed by atoms with E-state index in [-0.39, 0.29) is 44.8 Å². The zero-order chi connectivity index (χ0) is 30.7. The molecule has 0 amide bonds. The molecular formula is C29H32Cl4O8. The van der Waals surface area contributed by atoms with Crippen LogP contribution >= 0.6 is 46.4 Å². The molecule has 0 aliphatic carbocycles. The number of hydrogen-bond donors (Lipinski definition) is 0. The van der Waals surface area contributed by atoms with E-state index in [0.717, 1.165) is 11.1 Å². The van der Waals surface area contributed by atoms with Crippen molar-refractivity contribution in [2.24, 2.45) is 0 Å². The van der Waals surface area contributed by atoms with Crippen LogP contribution in [0.25, 0.3) is 0 Å². The molecule has 0 bridgehead atoms. The number of carbonyl (C=O) groups is 2. The van der Waals surface area contributed by atoms with Gasteiger partial charge in [0.1, 0.15) is 13.2 Å². The molecule has 0 fully saturated rings. The number of carbonyl (C=O) groups excluding carboxylic acids is 2. The van der Waals surface area contributed by atoms with Crippen molar-refractivity contribution in [2.75, 3.05) is 13.2 Å². The van der Waals surface area contributed by atoms with Crippen LogP contribution in [-0.4, -0.2) is 38.1 Å². The minimum atomic E-state index is -0.980. The summed E-state index contributed by atoms with van der Waals surface area (Å²) < 4.78 is 31.6. The maximum atomic E-state index is 11.8. The Morgan fingerprint density at radius 3 is 1.32 bits per heavy atom. The average Bonchev–Trinajstić information content (AvgIpc) is 2.92. The number of halogens is 4. The lowest BCUT2D eigenvalue weighted by atomic mass is 9.78. The fraction of sp³-hybridized carbons (Fsp3) is 0.379. The zero-order valence-electron chi connectivity index (χ0n) is 23.1. The number of benzene rings is 2. The number of ether oxygens (including phenoxy) is 6. The Labute approximate surface area is 260 Å². The zero-order valence-corrected chi connectivity index (χ0v) is 26.2. The molecule has 2 unspecified atom stereocenters. The first-order valence-electron chi connectivity index (χ1n) is 12.6. The highest BCUT2D eigenvalue weighted by atomic mass is 35.5. The largest absolute Gasteiger partial charge is 0.511 e. The normalized spacial score (nSPS) is 12.5. The Bertz CT molecular complexity index is 1110. The summed E-state index contributed by atoms with van der Waals surface area (Å²) in [6.07, 6.45) is -0.321. The fourth-order valence-corrected chi connectivity index (χ4v) is 4.57. The van der Waals surface area contributed by atoms with Crippen LogP contribution < -0.4 is 9.47 Å². The van der Waals surface area contributed by atoms with Gasteiger partial charge in [0, 0.05) is 18.3 Å². The van der Waals surface area contributed by atoms with Crippen LogP contribution in [0.2, 0.25) is 20.1 Å². The first kappa shape index (κ1) is 34.4. The third kappa shape index (κ3) is 9.64. The van der Waals surface area contributed by atoms with E-state index in [1.54, 1.807) is 38.1 Å². The lowest BCUT2D eigenvalue weighted by Gasteiger charge is -2.29. The first-order valence-corrected chi connectivity index (χ1v) is 14.1. The molecule has 2 rings (SSSR count). The summed E-state index contributed by atoms with van der Waals surface area (Å²) in [5.41, 5.74) is 0.751. The van der Waals surface area contributed by atoms with Crippen molar-refractivity contribution in [2.45, 2.75) is 58.5 Å². The third-order valence-electron chi connectivity index (χ3n) is 5.70. The summed E-state index contributed by atoms with van der Waals surface area (Å²) in [6.45, 7) is 14.3. The summed E-state index contributed by atoms with van der Waals surface area (Å²) >= 11 is 26.2. The Morgan fingerprint density at radius 2 is 1.05 bits per heavy atom. The van der Waals surface area contributed by atoms with E-state index >= 15 is 0 Å². The van der Waals surface area contributed by atoms with E-state index in [2.05, 4.69) is 13.2 Å². The van der Waals surface area contributed by atoms with Gasteiger partial charge in [0.25, 0.3) is 0 Å². The molecule has 2 aromatic carbocycles. The number of hydrogen-bond acceptors (Lipinski definition) is 8. The predicted octanol–water partition coefficient (Wildman–Crippen LogP) is 9.53. The lowest BCUT2D eigenvalue weighted by molar-refractivity contribution is -0.0639. The minimum Gasteiger partial charge on any atom is -0.452 e. The Balaban J connectivity index is 2.29. The summed E-state index contributed by atoms with van der Waals surface area (Å²) in [4.78, 5) is 23.6. The van der Waals surface area contributed by atoms with E-state index in [9.17, 15) is 9.59 Å². The SMILES string of the molecule is C=CCOC(=O)OC(CC)Oc1c(Cl)cc(C(C)(C)c2cc(Cl)c(OC(CC)OC(=O)OCC=C)c(Cl)c2)cc1Cl. The molecule has 0 saturated carbocycles. The molecule has 2 atom stereocenters. The van der Waals surface area contributed by atoms with Gasteiger partial charge in [0.15, 0.2) is 11.5 Å². The molecule has 0 saturated heterocycles. The van der Waals surface area contributed by atoms with Crippen LogP contribution in [0.4, 0.5) is 9.59 Å². The molecule has 0 aromatic heterocycles. The summed E-state index contributed by atoms with van der Waals surface area (Å²) in [7, 11) is 0. The topological polar surface area (TPSA) is 89.5 Å². The maximum absolute atomic E-state index is 11.8. The second-order valence-corrected chi connectivity index (χ2v) is 10.6. The minimum absolute atomic E-state index is 0.000600. The molecule has 0 N–H and O–H groups in total. The Morgan fingerprint density at radius 1 is 0.732 bits per heavy atom. The van der Waals surface area contributed by atoms with Gasteiger partial charge in [-0.15, -0.1) is 0 Å². The van der Waals surface area contributed by atoms with Gasteiger partial charge in [-0.05, 0) is 35.4 Å². The first-order chi connectivity index (χ1) is 19.4. The van der Waals surface area contributed by atoms with Gasteiger partial charge in [0.05, 0.1) is 20.1 Å². The van der Waals surface area contributed by atoms with Crippen molar-refractivity contribution < 1.29 is 38.0 Å². The van der Waals surface area contributed by atoms with Crippen LogP contribution in [0.15, 0.2) is 49.6 Å². The molecule has 0 aliphatic heterocycles. The van der Waals surface area contributed by atoms with E-state index in [4.69, 9.17) is 74.8 Å². The molecule has 0 aliphatic rings. The predicted molar refractivity (Wildman–Crippen MR) is 160 cm³/mol. The quantitative estimate of drug-likeness (QED) is 0.114. The summed E-state index contributed by atoms with van der Waals surface area (Å²) in [5.74, 6) is 0.293. The molecule has 0 spiro atoms. The fourth-order valence-electron chi connectivity index (χ4n) is 3.41. The average molecular weight is 650 g/mol. The summed E-state index contributed by atoms with van der Waals surface area (Å²) in [5, 5.41) is 0.798. The van der Waals surface area contributed by atoms with E-state index in [1.807, 2.05) is 13.8 Å². The van der Waals surface area contributed by atoms with Crippen molar-refractivity contribution in [3.63, 3.8) is 0 Å². The molecule has 224 valence electrons. The van der Waals surface area contributed by atoms with Crippen LogP contribution in [-0.2, 0) is 24.4 Å². The third-order valence-corrected chi connectivity index (χ3v) is 6.82. The highest BCUT2D eigenvalue weighted by Gasteiger charge is 2.29. The van der Waals surface area contributed by atoms with Crippen LogP contribution in [0.5, 0.6) is 11.5 Å². The van der Waals surface area contributed by atoms with Gasteiger partial charge in [-0.3, -0.25) is 0 Å². The van der Waals surface area contributed by atoms with Gasteiger partial charge in [0.2, 0.25) is 12.6 Å². The van der Waals surface area contributed by atoms with Crippen molar-refractivity contribution >= 4 is 58.7 Å². The monoisotopic (exact) mass is 648 g/mol. The second-order valence-electron chi connectivity index (χ2n) is 9.01. The van der Waals surface area contributed by atoms with Gasteiger partial charge in [-0.25, -0.2) is 9.59 Å². The Kier molecular flexibility index (Phi) is 13.4. The van der Waals surface area contributed by atoms with Crippen molar-refractivity contribution in [3.8, 4) is 11.5 Å². The van der Waals surface area contributed by atoms with Gasteiger partial charge in [-0.1, -0.05) is 99.4 Å². The molecular weight excluding hydrogens is 618 g/mol. The van der Waals surface area contributed by atoms with Crippen molar-refractivity contribution in [3.05, 3.63) is 80.8 Å². The highest BCUT2D eigenvalue weighted by Crippen LogP contribution is 2.44. The van der Waals surface area contributed by atoms with Gasteiger partial charge in [-0.2, -0.15) is 0 Å². The van der Waals surface area contributed by atoms with Crippen molar-refractivity contribution in [1.82, 2.24) is 0 Å².